The van der Waals surface area contributed by atoms with Gasteiger partial charge in [-0.3, -0.25) is 0 Å². The molecule has 0 saturated heterocycles. The van der Waals surface area contributed by atoms with Crippen molar-refractivity contribution in [1.29, 1.82) is 0 Å². The van der Waals surface area contributed by atoms with E-state index in [-0.39, 0.29) is 5.75 Å². The minimum Gasteiger partial charge on any atom is -0.508 e. The largest absolute Gasteiger partial charge is 0.508 e. The lowest BCUT2D eigenvalue weighted by molar-refractivity contribution is 0.475. The van der Waals surface area contributed by atoms with Crippen molar-refractivity contribution in [2.24, 2.45) is 0 Å². The van der Waals surface area contributed by atoms with E-state index in [1.807, 2.05) is 0 Å². The number of halogens is 1. The molecule has 3 nitrogen and oxygen atoms in total. The highest BCUT2D eigenvalue weighted by Gasteiger charge is 2.07. The summed E-state index contributed by atoms with van der Waals surface area (Å²) in [5.74, 6) is 0.892. The van der Waals surface area contributed by atoms with Crippen LogP contribution in [0.3, 0.4) is 0 Å². The summed E-state index contributed by atoms with van der Waals surface area (Å²) in [4.78, 5) is 3.50. The van der Waals surface area contributed by atoms with Crippen LogP contribution in [-0.4, -0.2) is 10.1 Å². The summed E-state index contributed by atoms with van der Waals surface area (Å²) in [6.45, 7) is 0. The molecule has 1 N–H and O–H groups in total. The third kappa shape index (κ3) is 2.33. The van der Waals surface area contributed by atoms with Gasteiger partial charge in [-0.1, -0.05) is 0 Å². The molecule has 19 heavy (non-hydrogen) atoms. The van der Waals surface area contributed by atoms with E-state index < -0.39 is 5.95 Å². The van der Waals surface area contributed by atoms with Crippen LogP contribution in [0.25, 0.3) is 22.6 Å². The summed E-state index contributed by atoms with van der Waals surface area (Å²) in [5, 5.41) is 9.24. The molecule has 0 aliphatic heterocycles. The van der Waals surface area contributed by atoms with Crippen LogP contribution in [0.2, 0.25) is 0 Å². The third-order valence-electron chi connectivity index (χ3n) is 2.77. The monoisotopic (exact) mass is 254 g/mol. The number of aromatic nitrogens is 1. The number of rotatable bonds is 2. The molecule has 0 radical (unpaired) electrons. The fourth-order valence-electron chi connectivity index (χ4n) is 1.83. The highest BCUT2D eigenvalue weighted by Crippen LogP contribution is 2.29. The molecule has 0 saturated carbocycles. The molecule has 0 aliphatic carbocycles. The van der Waals surface area contributed by atoms with Gasteiger partial charge in [0.1, 0.15) is 17.3 Å². The molecule has 2 heterocycles. The predicted molar refractivity (Wildman–Crippen MR) is 69.0 cm³/mol. The molecule has 0 aliphatic rings. The van der Waals surface area contributed by atoms with Crippen LogP contribution in [0.5, 0.6) is 5.75 Å². The Morgan fingerprint density at radius 1 is 0.895 bits per heavy atom. The zero-order valence-electron chi connectivity index (χ0n) is 9.88. The van der Waals surface area contributed by atoms with Gasteiger partial charge in [0.25, 0.3) is 0 Å². The normalized spacial score (nSPS) is 10.6. The second kappa shape index (κ2) is 4.57. The van der Waals surface area contributed by atoms with E-state index in [0.29, 0.717) is 17.1 Å². The van der Waals surface area contributed by atoms with E-state index in [4.69, 9.17) is 4.42 Å². The topological polar surface area (TPSA) is 46.3 Å². The van der Waals surface area contributed by atoms with Gasteiger partial charge >= 0.3 is 0 Å². The van der Waals surface area contributed by atoms with Crippen LogP contribution in [0.15, 0.2) is 59.1 Å². The van der Waals surface area contributed by atoms with Gasteiger partial charge in [-0.15, -0.1) is 0 Å². The average Bonchev–Trinajstić information content (AvgIpc) is 2.89. The Morgan fingerprint density at radius 3 is 2.26 bits per heavy atom. The zero-order chi connectivity index (χ0) is 13.2. The van der Waals surface area contributed by atoms with Gasteiger partial charge in [-0.2, -0.15) is 4.39 Å². The van der Waals surface area contributed by atoms with Crippen molar-refractivity contribution in [3.8, 4) is 28.4 Å². The summed E-state index contributed by atoms with van der Waals surface area (Å²) in [6, 6.07) is 13.3. The molecule has 94 valence electrons. The van der Waals surface area contributed by atoms with Crippen LogP contribution in [-0.2, 0) is 0 Å². The quantitative estimate of drug-likeness (QED) is 0.706. The molecule has 0 unspecified atom stereocenters. The van der Waals surface area contributed by atoms with Gasteiger partial charge in [0.2, 0.25) is 5.95 Å². The maximum atomic E-state index is 13.0. The number of phenolic OH excluding ortho intramolecular Hbond substituents is 1. The summed E-state index contributed by atoms with van der Waals surface area (Å²) in [5.41, 5.74) is 1.48. The molecule has 0 atom stereocenters. The molecule has 1 aromatic carbocycles. The number of nitrogens with zero attached hydrogens (tertiary/aromatic N) is 1. The lowest BCUT2D eigenvalue weighted by Gasteiger charge is -1.98. The van der Waals surface area contributed by atoms with E-state index in [0.717, 1.165) is 5.56 Å². The van der Waals surface area contributed by atoms with Crippen LogP contribution in [0, 0.1) is 5.95 Å². The second-order valence-corrected chi connectivity index (χ2v) is 4.08. The standard InChI is InChI=1S/C15H10FNO2/c16-15-9-11(7-8-17-15)14-6-5-13(19-14)10-1-3-12(18)4-2-10/h1-9,18H/i16-1. The summed E-state index contributed by atoms with van der Waals surface area (Å²) < 4.78 is 18.7. The van der Waals surface area contributed by atoms with E-state index in [1.165, 1.54) is 12.3 Å². The highest BCUT2D eigenvalue weighted by molar-refractivity contribution is 5.64. The number of phenols is 1. The lowest BCUT2D eigenvalue weighted by Crippen LogP contribution is -1.81. The van der Waals surface area contributed by atoms with Crippen LogP contribution in [0.4, 0.5) is 4.39 Å². The number of hydrogen-bond acceptors (Lipinski definition) is 3. The van der Waals surface area contributed by atoms with Gasteiger partial charge in [-0.05, 0) is 42.5 Å². The van der Waals surface area contributed by atoms with Crippen molar-refractivity contribution < 1.29 is 13.9 Å². The van der Waals surface area contributed by atoms with Crippen LogP contribution < -0.4 is 0 Å². The molecule has 0 fully saturated rings. The first-order valence-corrected chi connectivity index (χ1v) is 5.73. The smallest absolute Gasteiger partial charge is 0.213 e. The minimum absolute atomic E-state index is 0.201. The Bertz CT molecular complexity index is 704. The highest BCUT2D eigenvalue weighted by atomic mass is 18.2. The molecular formula is C15H10FNO2. The Hall–Kier alpha value is -2.62. The van der Waals surface area contributed by atoms with Crippen molar-refractivity contribution in [1.82, 2.24) is 4.98 Å². The number of furan rings is 1. The van der Waals surface area contributed by atoms with E-state index in [2.05, 4.69) is 4.98 Å². The van der Waals surface area contributed by atoms with Gasteiger partial charge in [0, 0.05) is 23.4 Å². The molecule has 3 aromatic rings. The zero-order valence-corrected chi connectivity index (χ0v) is 9.88. The van der Waals surface area contributed by atoms with Gasteiger partial charge in [0.15, 0.2) is 0 Å². The van der Waals surface area contributed by atoms with Crippen molar-refractivity contribution in [3.63, 3.8) is 0 Å². The molecule has 0 bridgehead atoms. The first-order valence-electron chi connectivity index (χ1n) is 5.73. The lowest BCUT2D eigenvalue weighted by atomic mass is 10.2. The first kappa shape index (κ1) is 11.5. The Balaban J connectivity index is 1.97. The van der Waals surface area contributed by atoms with Crippen molar-refractivity contribution >= 4 is 0 Å². The average molecular weight is 254 g/mol. The molecule has 4 heteroatoms. The fraction of sp³-hybridized carbons (Fsp3) is 0. The Morgan fingerprint density at radius 2 is 1.58 bits per heavy atom. The number of pyridine rings is 1. The first-order chi connectivity index (χ1) is 9.22. The van der Waals surface area contributed by atoms with Crippen molar-refractivity contribution in [3.05, 3.63) is 60.7 Å². The van der Waals surface area contributed by atoms with Gasteiger partial charge in [0.05, 0.1) is 0 Å². The molecular weight excluding hydrogens is 244 g/mol. The van der Waals surface area contributed by atoms with Crippen molar-refractivity contribution in [2.75, 3.05) is 0 Å². The molecule has 3 rings (SSSR count). The maximum Gasteiger partial charge on any atom is 0.213 e. The Labute approximate surface area is 109 Å². The summed E-state index contributed by atoms with van der Waals surface area (Å²) >= 11 is 0. The van der Waals surface area contributed by atoms with E-state index in [9.17, 15) is 9.50 Å². The SMILES string of the molecule is Oc1ccc(-c2ccc(-c3ccnc([18F])c3)o2)cc1. The minimum atomic E-state index is -0.542. The van der Waals surface area contributed by atoms with Crippen LogP contribution >= 0.6 is 0 Å². The van der Waals surface area contributed by atoms with Crippen LogP contribution in [0.1, 0.15) is 0 Å². The third-order valence-corrected chi connectivity index (χ3v) is 2.77. The predicted octanol–water partition coefficient (Wildman–Crippen LogP) is 3.85. The second-order valence-electron chi connectivity index (χ2n) is 4.08. The van der Waals surface area contributed by atoms with E-state index in [1.54, 1.807) is 42.5 Å². The van der Waals surface area contributed by atoms with E-state index >= 15 is 0 Å². The Kier molecular flexibility index (Phi) is 2.76. The molecule has 0 amide bonds. The molecule has 2 aromatic heterocycles. The van der Waals surface area contributed by atoms with Gasteiger partial charge < -0.3 is 9.52 Å². The summed E-state index contributed by atoms with van der Waals surface area (Å²) in [7, 11) is 0. The molecule has 0 spiro atoms. The number of aromatic hydroxyl groups is 1. The maximum absolute atomic E-state index is 13.0. The number of benzene rings is 1. The number of hydrogen-bond donors (Lipinski definition) is 1. The van der Waals surface area contributed by atoms with Gasteiger partial charge in [-0.25, -0.2) is 4.98 Å². The van der Waals surface area contributed by atoms with Crippen molar-refractivity contribution in [2.45, 2.75) is 0 Å². The fourth-order valence-corrected chi connectivity index (χ4v) is 1.83. The summed E-state index contributed by atoms with van der Waals surface area (Å²) in [6.07, 6.45) is 1.40.